The van der Waals surface area contributed by atoms with Gasteiger partial charge >= 0.3 is 0 Å². The average molecular weight is 467 g/mol. The van der Waals surface area contributed by atoms with Crippen molar-refractivity contribution < 1.29 is 28.3 Å². The molecule has 2 fully saturated rings. The lowest BCUT2D eigenvalue weighted by atomic mass is 9.78. The number of hydrogen-bond acceptors (Lipinski definition) is 5. The van der Waals surface area contributed by atoms with Crippen LogP contribution in [-0.2, 0) is 14.3 Å². The van der Waals surface area contributed by atoms with Gasteiger partial charge in [-0.1, -0.05) is 66.7 Å². The maximum absolute atomic E-state index is 13.7. The number of carbonyl (C=O) groups excluding carboxylic acids is 4. The molecular weight excluding hydrogens is 449 g/mol. The number of Topliss-reactive ketones (excluding diaryl/α,β-unsaturated/α-hetero) is 2. The summed E-state index contributed by atoms with van der Waals surface area (Å²) in [6.07, 6.45) is 2.35. The van der Waals surface area contributed by atoms with Crippen molar-refractivity contribution in [3.63, 3.8) is 0 Å². The number of anilines is 1. The highest BCUT2D eigenvalue weighted by molar-refractivity contribution is 6.37. The third-order valence-corrected chi connectivity index (χ3v) is 6.92. The van der Waals surface area contributed by atoms with E-state index in [9.17, 15) is 23.6 Å². The van der Waals surface area contributed by atoms with Gasteiger partial charge in [0.05, 0.1) is 23.6 Å². The highest BCUT2D eigenvalue weighted by atomic mass is 19.1. The summed E-state index contributed by atoms with van der Waals surface area (Å²) < 4.78 is 19.6. The van der Waals surface area contributed by atoms with Crippen LogP contribution in [0.5, 0.6) is 0 Å². The first-order chi connectivity index (χ1) is 16.9. The topological polar surface area (TPSA) is 80.8 Å². The number of hydrogen-bond donors (Lipinski definition) is 0. The Balaban J connectivity index is 1.48. The Labute approximate surface area is 199 Å². The molecule has 0 bridgehead atoms. The second-order valence-electron chi connectivity index (χ2n) is 8.78. The molecule has 0 radical (unpaired) electrons. The van der Waals surface area contributed by atoms with Crippen LogP contribution < -0.4 is 4.90 Å². The maximum atomic E-state index is 13.7. The van der Waals surface area contributed by atoms with Crippen molar-refractivity contribution in [1.82, 2.24) is 0 Å². The van der Waals surface area contributed by atoms with Crippen LogP contribution in [0, 0.1) is 17.7 Å². The third kappa shape index (κ3) is 2.91. The Bertz CT molecular complexity index is 1390. The van der Waals surface area contributed by atoms with Crippen LogP contribution in [-0.4, -0.2) is 35.1 Å². The van der Waals surface area contributed by atoms with Crippen molar-refractivity contribution in [2.45, 2.75) is 11.7 Å². The molecule has 2 heterocycles. The summed E-state index contributed by atoms with van der Waals surface area (Å²) >= 11 is 0. The van der Waals surface area contributed by atoms with E-state index < -0.39 is 52.7 Å². The molecule has 3 atom stereocenters. The van der Waals surface area contributed by atoms with E-state index in [4.69, 9.17) is 4.74 Å². The summed E-state index contributed by atoms with van der Waals surface area (Å²) in [5.74, 6) is -5.49. The zero-order valence-corrected chi connectivity index (χ0v) is 18.3. The predicted octanol–water partition coefficient (Wildman–Crippen LogP) is 3.86. The lowest BCUT2D eigenvalue weighted by Gasteiger charge is -2.26. The highest BCUT2D eigenvalue weighted by Gasteiger charge is 2.74. The normalized spacial score (nSPS) is 24.6. The van der Waals surface area contributed by atoms with Crippen LogP contribution in [0.2, 0.25) is 0 Å². The summed E-state index contributed by atoms with van der Waals surface area (Å²) in [5, 5.41) is 0. The van der Waals surface area contributed by atoms with Gasteiger partial charge in [0.2, 0.25) is 29.0 Å². The highest BCUT2D eigenvalue weighted by Crippen LogP contribution is 2.53. The van der Waals surface area contributed by atoms with E-state index in [1.807, 2.05) is 30.3 Å². The van der Waals surface area contributed by atoms with Gasteiger partial charge in [0.15, 0.2) is 0 Å². The fraction of sp³-hybridized carbons (Fsp3) is 0.143. The molecule has 7 heteroatoms. The third-order valence-electron chi connectivity index (χ3n) is 6.92. The van der Waals surface area contributed by atoms with Crippen LogP contribution >= 0.6 is 0 Å². The SMILES string of the molecule is O=C1[C@H]2[C@H](/C=C/c3ccccc3)OC3(C(=O)c4ccccc4C3=O)[C@H]2C(=O)N1c1ccc(F)cc1. The van der Waals surface area contributed by atoms with Gasteiger partial charge in [0.1, 0.15) is 5.82 Å². The summed E-state index contributed by atoms with van der Waals surface area (Å²) in [6, 6.07) is 20.5. The molecule has 3 aromatic rings. The van der Waals surface area contributed by atoms with Crippen LogP contribution in [0.3, 0.4) is 0 Å². The van der Waals surface area contributed by atoms with E-state index in [1.54, 1.807) is 24.3 Å². The monoisotopic (exact) mass is 467 g/mol. The van der Waals surface area contributed by atoms with Crippen molar-refractivity contribution in [3.8, 4) is 0 Å². The van der Waals surface area contributed by atoms with Gasteiger partial charge in [0, 0.05) is 11.1 Å². The number of ketones is 2. The molecule has 0 unspecified atom stereocenters. The number of rotatable bonds is 3. The van der Waals surface area contributed by atoms with Crippen molar-refractivity contribution in [2.24, 2.45) is 11.8 Å². The van der Waals surface area contributed by atoms with Gasteiger partial charge in [0.25, 0.3) is 0 Å². The Morgan fingerprint density at radius 3 is 2.00 bits per heavy atom. The van der Waals surface area contributed by atoms with Crippen molar-refractivity contribution in [2.75, 3.05) is 4.90 Å². The summed E-state index contributed by atoms with van der Waals surface area (Å²) in [5.41, 5.74) is -0.782. The molecular formula is C28H18FNO5. The second-order valence-corrected chi connectivity index (χ2v) is 8.78. The standard InChI is InChI=1S/C28H18FNO5/c29-17-11-13-18(14-12-17)30-26(33)22-21(15-10-16-6-2-1-3-7-16)35-28(23(22)27(30)34)24(31)19-8-4-5-9-20(19)25(28)32/h1-15,21-23H/b15-10+/t21-,22-,23+/m0/s1. The fourth-order valence-corrected chi connectivity index (χ4v) is 5.36. The molecule has 6 rings (SSSR count). The number of ether oxygens (including phenoxy) is 1. The van der Waals surface area contributed by atoms with Gasteiger partial charge in [-0.3, -0.25) is 19.2 Å². The number of nitrogens with zero attached hydrogens (tertiary/aromatic N) is 1. The minimum absolute atomic E-state index is 0.171. The van der Waals surface area contributed by atoms with Crippen LogP contribution in [0.1, 0.15) is 26.3 Å². The zero-order valence-electron chi connectivity index (χ0n) is 18.3. The maximum Gasteiger partial charge on any atom is 0.241 e. The minimum atomic E-state index is -2.12. The molecule has 2 saturated heterocycles. The smallest absolute Gasteiger partial charge is 0.241 e. The molecule has 2 amide bonds. The largest absolute Gasteiger partial charge is 0.350 e. The van der Waals surface area contributed by atoms with E-state index in [0.717, 1.165) is 22.6 Å². The van der Waals surface area contributed by atoms with Crippen LogP contribution in [0.25, 0.3) is 6.08 Å². The van der Waals surface area contributed by atoms with E-state index in [-0.39, 0.29) is 16.8 Å². The first kappa shape index (κ1) is 21.3. The number of benzene rings is 3. The Morgan fingerprint density at radius 1 is 0.771 bits per heavy atom. The minimum Gasteiger partial charge on any atom is -0.350 e. The second kappa shape index (κ2) is 7.65. The zero-order chi connectivity index (χ0) is 24.3. The van der Waals surface area contributed by atoms with Crippen LogP contribution in [0.4, 0.5) is 10.1 Å². The van der Waals surface area contributed by atoms with Gasteiger partial charge in [-0.2, -0.15) is 0 Å². The molecule has 1 aliphatic carbocycles. The van der Waals surface area contributed by atoms with E-state index in [2.05, 4.69) is 0 Å². The molecule has 35 heavy (non-hydrogen) atoms. The number of imide groups is 1. The van der Waals surface area contributed by atoms with E-state index >= 15 is 0 Å². The van der Waals surface area contributed by atoms with Crippen LogP contribution in [0.15, 0.2) is 84.9 Å². The molecule has 3 aromatic carbocycles. The quantitative estimate of drug-likeness (QED) is 0.432. The molecule has 172 valence electrons. The van der Waals surface area contributed by atoms with Crippen molar-refractivity contribution in [1.29, 1.82) is 0 Å². The number of amides is 2. The van der Waals surface area contributed by atoms with Gasteiger partial charge < -0.3 is 4.74 Å². The van der Waals surface area contributed by atoms with E-state index in [1.165, 1.54) is 24.3 Å². The van der Waals surface area contributed by atoms with E-state index in [0.29, 0.717) is 0 Å². The Morgan fingerprint density at radius 2 is 1.37 bits per heavy atom. The molecule has 2 aliphatic heterocycles. The van der Waals surface area contributed by atoms with Gasteiger partial charge in [-0.05, 0) is 29.8 Å². The first-order valence-electron chi connectivity index (χ1n) is 11.2. The molecule has 0 aromatic heterocycles. The summed E-state index contributed by atoms with van der Waals surface area (Å²) in [4.78, 5) is 55.5. The fourth-order valence-electron chi connectivity index (χ4n) is 5.36. The summed E-state index contributed by atoms with van der Waals surface area (Å²) in [6.45, 7) is 0. The van der Waals surface area contributed by atoms with Gasteiger partial charge in [-0.25, -0.2) is 9.29 Å². The Hall–Kier alpha value is -4.23. The molecule has 6 nitrogen and oxygen atoms in total. The average Bonchev–Trinajstić information content (AvgIpc) is 3.44. The summed E-state index contributed by atoms with van der Waals surface area (Å²) in [7, 11) is 0. The molecule has 1 spiro atoms. The van der Waals surface area contributed by atoms with Crippen molar-refractivity contribution >= 4 is 35.1 Å². The molecule has 0 saturated carbocycles. The predicted molar refractivity (Wildman–Crippen MR) is 124 cm³/mol. The Kier molecular flexibility index (Phi) is 4.66. The lowest BCUT2D eigenvalue weighted by molar-refractivity contribution is -0.126. The number of halogens is 1. The molecule has 3 aliphatic rings. The van der Waals surface area contributed by atoms with Gasteiger partial charge in [-0.15, -0.1) is 0 Å². The number of fused-ring (bicyclic) bond motifs is 3. The lowest BCUT2D eigenvalue weighted by Crippen LogP contribution is -2.51. The molecule has 0 N–H and O–H groups in total. The van der Waals surface area contributed by atoms with Crippen molar-refractivity contribution in [3.05, 3.63) is 107 Å². The first-order valence-corrected chi connectivity index (χ1v) is 11.2. The number of carbonyl (C=O) groups is 4.